The van der Waals surface area contributed by atoms with Crippen LogP contribution in [0.1, 0.15) is 45.0 Å². The maximum Gasteiger partial charge on any atom is 0.0766 e. The van der Waals surface area contributed by atoms with Gasteiger partial charge in [0, 0.05) is 13.1 Å². The van der Waals surface area contributed by atoms with Crippen LogP contribution in [0.4, 0.5) is 0 Å². The molecule has 1 atom stereocenters. The van der Waals surface area contributed by atoms with Gasteiger partial charge in [0.2, 0.25) is 0 Å². The van der Waals surface area contributed by atoms with Gasteiger partial charge in [0.25, 0.3) is 0 Å². The molecule has 0 bridgehead atoms. The van der Waals surface area contributed by atoms with Crippen molar-refractivity contribution >= 4 is 15.9 Å². The summed E-state index contributed by atoms with van der Waals surface area (Å²) in [5.74, 6) is 0. The fourth-order valence-electron chi connectivity index (χ4n) is 2.14. The van der Waals surface area contributed by atoms with Gasteiger partial charge in [-0.15, -0.1) is 0 Å². The molecular weight excluding hydrogens is 278 g/mol. The van der Waals surface area contributed by atoms with Crippen LogP contribution in [0.25, 0.3) is 0 Å². The van der Waals surface area contributed by atoms with E-state index in [1.807, 2.05) is 11.7 Å². The first-order valence-electron chi connectivity index (χ1n) is 6.57. The largest absolute Gasteiger partial charge is 0.314 e. The Balaban J connectivity index is 2.65. The van der Waals surface area contributed by atoms with Gasteiger partial charge >= 0.3 is 0 Å². The van der Waals surface area contributed by atoms with Gasteiger partial charge in [-0.2, -0.15) is 5.10 Å². The highest BCUT2D eigenvalue weighted by atomic mass is 79.9. The van der Waals surface area contributed by atoms with E-state index in [1.54, 1.807) is 0 Å². The monoisotopic (exact) mass is 301 g/mol. The number of hydrogen-bond donors (Lipinski definition) is 1. The van der Waals surface area contributed by atoms with Gasteiger partial charge in [-0.05, 0) is 48.2 Å². The van der Waals surface area contributed by atoms with Crippen molar-refractivity contribution in [3.05, 3.63) is 15.9 Å². The van der Waals surface area contributed by atoms with Crippen LogP contribution in [0.15, 0.2) is 4.47 Å². The van der Waals surface area contributed by atoms with E-state index in [2.05, 4.69) is 47.1 Å². The molecule has 98 valence electrons. The molecule has 0 radical (unpaired) electrons. The maximum atomic E-state index is 4.53. The Hall–Kier alpha value is -0.350. The summed E-state index contributed by atoms with van der Waals surface area (Å²) in [6.45, 7) is 7.59. The zero-order valence-corrected chi connectivity index (χ0v) is 13.0. The lowest BCUT2D eigenvalue weighted by atomic mass is 10.1. The van der Waals surface area contributed by atoms with E-state index >= 15 is 0 Å². The molecule has 1 rings (SSSR count). The molecular formula is C13H24BrN3. The zero-order chi connectivity index (χ0) is 12.8. The van der Waals surface area contributed by atoms with Crippen LogP contribution < -0.4 is 5.32 Å². The normalized spacial score (nSPS) is 13.0. The molecule has 0 spiro atoms. The van der Waals surface area contributed by atoms with E-state index in [0.29, 0.717) is 6.04 Å². The summed E-state index contributed by atoms with van der Waals surface area (Å²) < 4.78 is 3.22. The average molecular weight is 302 g/mol. The number of nitrogens with one attached hydrogen (secondary N) is 1. The molecule has 3 nitrogen and oxygen atoms in total. The van der Waals surface area contributed by atoms with Crippen LogP contribution in [0, 0.1) is 0 Å². The first-order chi connectivity index (χ1) is 8.13. The van der Waals surface area contributed by atoms with Gasteiger partial charge < -0.3 is 5.32 Å². The molecule has 0 amide bonds. The lowest BCUT2D eigenvalue weighted by molar-refractivity contribution is 0.474. The Morgan fingerprint density at radius 2 is 2.06 bits per heavy atom. The second-order valence-corrected chi connectivity index (χ2v) is 5.18. The minimum absolute atomic E-state index is 0.617. The van der Waals surface area contributed by atoms with E-state index < -0.39 is 0 Å². The Bertz CT molecular complexity index is 347. The highest BCUT2D eigenvalue weighted by Gasteiger charge is 2.13. The SMILES string of the molecule is CCNC(CC)CCc1c(Br)c(CC)nn1C. The molecule has 0 saturated carbocycles. The molecule has 0 aromatic carbocycles. The van der Waals surface area contributed by atoms with Crippen LogP contribution in [0.2, 0.25) is 0 Å². The third-order valence-corrected chi connectivity index (χ3v) is 4.13. The maximum absolute atomic E-state index is 4.53. The van der Waals surface area contributed by atoms with Crippen LogP contribution in [0.3, 0.4) is 0 Å². The highest BCUT2D eigenvalue weighted by Crippen LogP contribution is 2.23. The number of hydrogen-bond acceptors (Lipinski definition) is 2. The molecule has 0 aliphatic carbocycles. The van der Waals surface area contributed by atoms with E-state index in [4.69, 9.17) is 0 Å². The second-order valence-electron chi connectivity index (χ2n) is 4.39. The number of nitrogens with zero attached hydrogens (tertiary/aromatic N) is 2. The molecule has 0 aliphatic heterocycles. The molecule has 0 fully saturated rings. The van der Waals surface area contributed by atoms with Gasteiger partial charge in [-0.25, -0.2) is 0 Å². The van der Waals surface area contributed by atoms with E-state index in [9.17, 15) is 0 Å². The van der Waals surface area contributed by atoms with Crippen molar-refractivity contribution in [2.75, 3.05) is 6.54 Å². The molecule has 1 aromatic heterocycles. The third-order valence-electron chi connectivity index (χ3n) is 3.22. The van der Waals surface area contributed by atoms with Crippen molar-refractivity contribution in [1.82, 2.24) is 15.1 Å². The van der Waals surface area contributed by atoms with Crippen molar-refractivity contribution in [1.29, 1.82) is 0 Å². The fourth-order valence-corrected chi connectivity index (χ4v) is 2.96. The quantitative estimate of drug-likeness (QED) is 0.839. The summed E-state index contributed by atoms with van der Waals surface area (Å²) in [5.41, 5.74) is 2.48. The van der Waals surface area contributed by atoms with E-state index in [-0.39, 0.29) is 0 Å². The van der Waals surface area contributed by atoms with Gasteiger partial charge in [0.05, 0.1) is 15.9 Å². The summed E-state index contributed by atoms with van der Waals surface area (Å²) in [7, 11) is 2.04. The Labute approximate surface area is 113 Å². The minimum Gasteiger partial charge on any atom is -0.314 e. The minimum atomic E-state index is 0.617. The summed E-state index contributed by atoms with van der Waals surface area (Å²) >= 11 is 3.67. The Kier molecular flexibility index (Phi) is 6.20. The van der Waals surface area contributed by atoms with E-state index in [0.717, 1.165) is 19.4 Å². The number of rotatable bonds is 7. The van der Waals surface area contributed by atoms with Crippen LogP contribution >= 0.6 is 15.9 Å². The second kappa shape index (κ2) is 7.17. The van der Waals surface area contributed by atoms with Crippen molar-refractivity contribution in [2.24, 2.45) is 7.05 Å². The van der Waals surface area contributed by atoms with Crippen molar-refractivity contribution < 1.29 is 0 Å². The lowest BCUT2D eigenvalue weighted by Gasteiger charge is -2.15. The average Bonchev–Trinajstić information content (AvgIpc) is 2.60. The molecule has 1 aromatic rings. The van der Waals surface area contributed by atoms with Crippen LogP contribution in [0.5, 0.6) is 0 Å². The first-order valence-corrected chi connectivity index (χ1v) is 7.36. The molecule has 0 saturated heterocycles. The molecule has 1 unspecified atom stereocenters. The number of aryl methyl sites for hydroxylation is 2. The Morgan fingerprint density at radius 3 is 2.53 bits per heavy atom. The number of aromatic nitrogens is 2. The van der Waals surface area contributed by atoms with Gasteiger partial charge in [-0.1, -0.05) is 20.8 Å². The highest BCUT2D eigenvalue weighted by molar-refractivity contribution is 9.10. The molecule has 0 aliphatic rings. The summed E-state index contributed by atoms with van der Waals surface area (Å²) in [6, 6.07) is 0.617. The van der Waals surface area contributed by atoms with Crippen molar-refractivity contribution in [2.45, 2.75) is 52.5 Å². The fraction of sp³-hybridized carbons (Fsp3) is 0.769. The predicted molar refractivity (Wildman–Crippen MR) is 76.4 cm³/mol. The molecule has 17 heavy (non-hydrogen) atoms. The number of halogens is 1. The Morgan fingerprint density at radius 1 is 1.35 bits per heavy atom. The predicted octanol–water partition coefficient (Wildman–Crippen LogP) is 3.07. The first kappa shape index (κ1) is 14.7. The van der Waals surface area contributed by atoms with Gasteiger partial charge in [-0.3, -0.25) is 4.68 Å². The zero-order valence-electron chi connectivity index (χ0n) is 11.4. The molecule has 1 N–H and O–H groups in total. The van der Waals surface area contributed by atoms with E-state index in [1.165, 1.54) is 28.7 Å². The molecule has 4 heteroatoms. The third kappa shape index (κ3) is 3.81. The smallest absolute Gasteiger partial charge is 0.0766 e. The summed E-state index contributed by atoms with van der Waals surface area (Å²) in [4.78, 5) is 0. The topological polar surface area (TPSA) is 29.9 Å². The summed E-state index contributed by atoms with van der Waals surface area (Å²) in [5, 5.41) is 8.05. The summed E-state index contributed by atoms with van der Waals surface area (Å²) in [6.07, 6.45) is 4.42. The van der Waals surface area contributed by atoms with Crippen LogP contribution in [-0.2, 0) is 19.9 Å². The van der Waals surface area contributed by atoms with Crippen LogP contribution in [-0.4, -0.2) is 22.4 Å². The standard InChI is InChI=1S/C13H24BrN3/c1-5-10(15-7-3)8-9-12-13(14)11(6-2)16-17(12)4/h10,15H,5-9H2,1-4H3. The van der Waals surface area contributed by atoms with Crippen molar-refractivity contribution in [3.8, 4) is 0 Å². The lowest BCUT2D eigenvalue weighted by Crippen LogP contribution is -2.28. The van der Waals surface area contributed by atoms with Crippen molar-refractivity contribution in [3.63, 3.8) is 0 Å². The van der Waals surface area contributed by atoms with Gasteiger partial charge in [0.1, 0.15) is 0 Å². The molecule has 1 heterocycles. The van der Waals surface area contributed by atoms with Gasteiger partial charge in [0.15, 0.2) is 0 Å².